The number of hydrogen-bond donors (Lipinski definition) is 0. The third-order valence-electron chi connectivity index (χ3n) is 9.23. The van der Waals surface area contributed by atoms with Crippen molar-refractivity contribution in [2.24, 2.45) is 0 Å². The van der Waals surface area contributed by atoms with Crippen molar-refractivity contribution in [3.8, 4) is 67.5 Å². The van der Waals surface area contributed by atoms with Crippen LogP contribution in [0.3, 0.4) is 0 Å². The van der Waals surface area contributed by atoms with Crippen molar-refractivity contribution in [2.45, 2.75) is 6.92 Å². The molecule has 0 aliphatic rings. The molecule has 2 aromatic heterocycles. The molecule has 4 heteroatoms. The molecule has 0 unspecified atom stereocenters. The van der Waals surface area contributed by atoms with Gasteiger partial charge in [0.25, 0.3) is 0 Å². The van der Waals surface area contributed by atoms with E-state index in [9.17, 15) is 0 Å². The molecule has 0 saturated carbocycles. The summed E-state index contributed by atoms with van der Waals surface area (Å²) >= 11 is 0. The number of furan rings is 1. The Kier molecular flexibility index (Phi) is 7.33. The normalized spacial score (nSPS) is 11.3. The molecule has 9 aromatic rings. The van der Waals surface area contributed by atoms with Crippen molar-refractivity contribution in [3.05, 3.63) is 175 Å². The van der Waals surface area contributed by atoms with Gasteiger partial charge in [0, 0.05) is 33.0 Å². The molecule has 50 heavy (non-hydrogen) atoms. The Morgan fingerprint density at radius 1 is 0.400 bits per heavy atom. The minimum atomic E-state index is 0.582. The molecule has 9 rings (SSSR count). The van der Waals surface area contributed by atoms with Crippen LogP contribution < -0.4 is 0 Å². The topological polar surface area (TPSA) is 51.8 Å². The fourth-order valence-electron chi connectivity index (χ4n) is 6.75. The lowest BCUT2D eigenvalue weighted by molar-refractivity contribution is 0.670. The van der Waals surface area contributed by atoms with Gasteiger partial charge >= 0.3 is 0 Å². The first-order chi connectivity index (χ1) is 24.7. The summed E-state index contributed by atoms with van der Waals surface area (Å²) in [7, 11) is 0. The zero-order valence-electron chi connectivity index (χ0n) is 27.4. The third-order valence-corrected chi connectivity index (χ3v) is 9.23. The SMILES string of the molecule is Cc1ccc(-c2cccc(-c3nc(-c4ccccc4)nc(-c4ccc5c(oc6cccc(-c7ccccc7)c65)c4-c4ccccc4)n3)c2)cc1. The second-order valence-electron chi connectivity index (χ2n) is 12.5. The number of benzene rings is 7. The van der Waals surface area contributed by atoms with Crippen molar-refractivity contribution >= 4 is 21.9 Å². The summed E-state index contributed by atoms with van der Waals surface area (Å²) < 4.78 is 6.79. The van der Waals surface area contributed by atoms with Crippen LogP contribution in [0, 0.1) is 6.92 Å². The molecule has 7 aromatic carbocycles. The van der Waals surface area contributed by atoms with Crippen LogP contribution in [0.2, 0.25) is 0 Å². The lowest BCUT2D eigenvalue weighted by atomic mass is 9.94. The number of aryl methyl sites for hydroxylation is 1. The lowest BCUT2D eigenvalue weighted by Crippen LogP contribution is -2.01. The first-order valence-corrected chi connectivity index (χ1v) is 16.8. The van der Waals surface area contributed by atoms with Gasteiger partial charge in [0.05, 0.1) is 0 Å². The first kappa shape index (κ1) is 29.5. The van der Waals surface area contributed by atoms with Crippen LogP contribution in [0.4, 0.5) is 0 Å². The van der Waals surface area contributed by atoms with Gasteiger partial charge in [-0.15, -0.1) is 0 Å². The summed E-state index contributed by atoms with van der Waals surface area (Å²) in [5.41, 5.74) is 12.1. The summed E-state index contributed by atoms with van der Waals surface area (Å²) in [5, 5.41) is 2.14. The molecule has 0 aliphatic carbocycles. The molecule has 0 atom stereocenters. The van der Waals surface area contributed by atoms with Crippen LogP contribution in [-0.4, -0.2) is 15.0 Å². The van der Waals surface area contributed by atoms with Crippen LogP contribution in [0.25, 0.3) is 89.5 Å². The number of fused-ring (bicyclic) bond motifs is 3. The third kappa shape index (κ3) is 5.33. The van der Waals surface area contributed by atoms with Gasteiger partial charge in [-0.05, 0) is 59.0 Å². The second kappa shape index (κ2) is 12.4. The van der Waals surface area contributed by atoms with E-state index in [0.717, 1.165) is 72.0 Å². The molecule has 2 heterocycles. The molecule has 4 nitrogen and oxygen atoms in total. The summed E-state index contributed by atoms with van der Waals surface area (Å²) in [5.74, 6) is 1.80. The summed E-state index contributed by atoms with van der Waals surface area (Å²) in [6, 6.07) is 58.5. The van der Waals surface area contributed by atoms with Gasteiger partial charge in [0.1, 0.15) is 11.2 Å². The summed E-state index contributed by atoms with van der Waals surface area (Å²) in [6.07, 6.45) is 0. The molecule has 0 aliphatic heterocycles. The van der Waals surface area contributed by atoms with Gasteiger partial charge in [0.15, 0.2) is 17.5 Å². The molecule has 0 saturated heterocycles. The fraction of sp³-hybridized carbons (Fsp3) is 0.0217. The van der Waals surface area contributed by atoms with E-state index in [2.05, 4.69) is 128 Å². The molecular formula is C46H31N3O. The number of rotatable bonds is 6. The Bertz CT molecular complexity index is 2630. The summed E-state index contributed by atoms with van der Waals surface area (Å²) in [4.78, 5) is 15.4. The van der Waals surface area contributed by atoms with E-state index in [1.165, 1.54) is 5.56 Å². The standard InChI is InChI=1S/C46H31N3O/c1-30-23-25-31(26-24-30)35-19-11-20-36(29-35)45-47-44(34-17-9-4-10-18-34)48-46(49-45)39-28-27-38-42-37(32-13-5-2-6-14-32)21-12-22-40(42)50-43(38)41(39)33-15-7-3-8-16-33/h2-29H,1H3. The Morgan fingerprint density at radius 2 is 0.980 bits per heavy atom. The number of nitrogens with zero attached hydrogens (tertiary/aromatic N) is 3. The van der Waals surface area contributed by atoms with Crippen molar-refractivity contribution in [1.82, 2.24) is 15.0 Å². The van der Waals surface area contributed by atoms with Gasteiger partial charge in [-0.3, -0.25) is 0 Å². The smallest absolute Gasteiger partial charge is 0.164 e. The van der Waals surface area contributed by atoms with E-state index in [0.29, 0.717) is 17.5 Å². The highest BCUT2D eigenvalue weighted by atomic mass is 16.3. The van der Waals surface area contributed by atoms with E-state index in [4.69, 9.17) is 19.4 Å². The minimum absolute atomic E-state index is 0.582. The molecule has 0 amide bonds. The summed E-state index contributed by atoms with van der Waals surface area (Å²) in [6.45, 7) is 2.10. The maximum absolute atomic E-state index is 6.79. The molecule has 0 N–H and O–H groups in total. The van der Waals surface area contributed by atoms with Crippen molar-refractivity contribution in [3.63, 3.8) is 0 Å². The quantitative estimate of drug-likeness (QED) is 0.181. The average Bonchev–Trinajstić information content (AvgIpc) is 3.58. The van der Waals surface area contributed by atoms with Gasteiger partial charge in [-0.1, -0.05) is 151 Å². The molecule has 0 bridgehead atoms. The monoisotopic (exact) mass is 641 g/mol. The van der Waals surface area contributed by atoms with E-state index in [1.54, 1.807) is 0 Å². The molecule has 0 spiro atoms. The Balaban J connectivity index is 1.30. The molecule has 0 radical (unpaired) electrons. The maximum Gasteiger partial charge on any atom is 0.164 e. The van der Waals surface area contributed by atoms with Gasteiger partial charge in [0.2, 0.25) is 0 Å². The van der Waals surface area contributed by atoms with Gasteiger partial charge in [-0.2, -0.15) is 0 Å². The number of aromatic nitrogens is 3. The number of hydrogen-bond acceptors (Lipinski definition) is 4. The predicted molar refractivity (Wildman–Crippen MR) is 204 cm³/mol. The van der Waals surface area contributed by atoms with Gasteiger partial charge < -0.3 is 4.42 Å². The largest absolute Gasteiger partial charge is 0.455 e. The first-order valence-electron chi connectivity index (χ1n) is 16.8. The second-order valence-corrected chi connectivity index (χ2v) is 12.5. The van der Waals surface area contributed by atoms with Crippen LogP contribution in [0.15, 0.2) is 174 Å². The average molecular weight is 642 g/mol. The highest BCUT2D eigenvalue weighted by Crippen LogP contribution is 2.44. The van der Waals surface area contributed by atoms with E-state index in [1.807, 2.05) is 48.5 Å². The lowest BCUT2D eigenvalue weighted by Gasteiger charge is -2.13. The zero-order chi connectivity index (χ0) is 33.4. The Labute approximate surface area is 290 Å². The van der Waals surface area contributed by atoms with Crippen LogP contribution in [-0.2, 0) is 0 Å². The molecule has 0 fully saturated rings. The van der Waals surface area contributed by atoms with E-state index < -0.39 is 0 Å². The Hall–Kier alpha value is -6.65. The van der Waals surface area contributed by atoms with Gasteiger partial charge in [-0.25, -0.2) is 15.0 Å². The van der Waals surface area contributed by atoms with Crippen molar-refractivity contribution < 1.29 is 4.42 Å². The molecular weight excluding hydrogens is 611 g/mol. The van der Waals surface area contributed by atoms with Crippen LogP contribution >= 0.6 is 0 Å². The highest BCUT2D eigenvalue weighted by Gasteiger charge is 2.22. The predicted octanol–water partition coefficient (Wildman–Crippen LogP) is 12.1. The van der Waals surface area contributed by atoms with Crippen LogP contribution in [0.5, 0.6) is 0 Å². The van der Waals surface area contributed by atoms with E-state index >= 15 is 0 Å². The van der Waals surface area contributed by atoms with Crippen molar-refractivity contribution in [1.29, 1.82) is 0 Å². The van der Waals surface area contributed by atoms with Crippen molar-refractivity contribution in [2.75, 3.05) is 0 Å². The minimum Gasteiger partial charge on any atom is -0.455 e. The van der Waals surface area contributed by atoms with E-state index in [-0.39, 0.29) is 0 Å². The highest BCUT2D eigenvalue weighted by molar-refractivity contribution is 6.17. The van der Waals surface area contributed by atoms with Crippen LogP contribution in [0.1, 0.15) is 5.56 Å². The Morgan fingerprint density at radius 3 is 1.70 bits per heavy atom. The molecule has 236 valence electrons. The zero-order valence-corrected chi connectivity index (χ0v) is 27.4. The maximum atomic E-state index is 6.79. The fourth-order valence-corrected chi connectivity index (χ4v) is 6.75.